The molecule has 0 aliphatic carbocycles. The van der Waals surface area contributed by atoms with Gasteiger partial charge in [-0.3, -0.25) is 0 Å². The second kappa shape index (κ2) is 7.55. The summed E-state index contributed by atoms with van der Waals surface area (Å²) in [5.74, 6) is 3.20. The first-order valence-corrected chi connectivity index (χ1v) is 6.89. The summed E-state index contributed by atoms with van der Waals surface area (Å²) in [5, 5.41) is 0. The van der Waals surface area contributed by atoms with Crippen LogP contribution in [0.3, 0.4) is 0 Å². The van der Waals surface area contributed by atoms with Crippen LogP contribution in [-0.2, 0) is 4.74 Å². The summed E-state index contributed by atoms with van der Waals surface area (Å²) in [5.41, 5.74) is 6.08. The van der Waals surface area contributed by atoms with Crippen LogP contribution in [-0.4, -0.2) is 30.8 Å². The van der Waals surface area contributed by atoms with Gasteiger partial charge in [0.05, 0.1) is 0 Å². The van der Waals surface area contributed by atoms with Gasteiger partial charge in [0, 0.05) is 25.0 Å². The van der Waals surface area contributed by atoms with E-state index in [-0.39, 0.29) is 0 Å². The number of thioether (sulfide) groups is 1. The molecule has 84 valence electrons. The van der Waals surface area contributed by atoms with E-state index in [9.17, 15) is 0 Å². The fraction of sp³-hybridized carbons (Fsp3) is 1.00. The fourth-order valence-corrected chi connectivity index (χ4v) is 2.75. The van der Waals surface area contributed by atoms with Gasteiger partial charge in [0.25, 0.3) is 0 Å². The Balaban J connectivity index is 2.03. The lowest BCUT2D eigenvalue weighted by Crippen LogP contribution is -2.29. The van der Waals surface area contributed by atoms with Crippen molar-refractivity contribution in [3.05, 3.63) is 0 Å². The molecule has 1 fully saturated rings. The number of rotatable bonds is 6. The van der Waals surface area contributed by atoms with Crippen molar-refractivity contribution in [1.29, 1.82) is 0 Å². The zero-order valence-electron chi connectivity index (χ0n) is 9.21. The lowest BCUT2D eigenvalue weighted by molar-refractivity contribution is 0.0625. The zero-order valence-corrected chi connectivity index (χ0v) is 10.0. The average molecular weight is 217 g/mol. The molecular weight excluding hydrogens is 194 g/mol. The summed E-state index contributed by atoms with van der Waals surface area (Å²) in [6.45, 7) is 4.11. The van der Waals surface area contributed by atoms with Crippen LogP contribution in [0, 0.1) is 5.92 Å². The van der Waals surface area contributed by atoms with Gasteiger partial charge in [0.15, 0.2) is 0 Å². The summed E-state index contributed by atoms with van der Waals surface area (Å²) >= 11 is 1.99. The molecule has 0 aromatic rings. The molecule has 3 heteroatoms. The summed E-state index contributed by atoms with van der Waals surface area (Å²) in [6.07, 6.45) is 4.88. The average Bonchev–Trinajstić information content (AvgIpc) is 2.20. The summed E-state index contributed by atoms with van der Waals surface area (Å²) in [4.78, 5) is 0. The number of hydrogen-bond donors (Lipinski definition) is 1. The molecule has 1 rings (SSSR count). The molecule has 0 amide bonds. The topological polar surface area (TPSA) is 35.2 Å². The zero-order chi connectivity index (χ0) is 10.2. The molecule has 1 saturated heterocycles. The highest BCUT2D eigenvalue weighted by molar-refractivity contribution is 7.99. The first kappa shape index (κ1) is 12.3. The smallest absolute Gasteiger partial charge is 0.0468 e. The molecule has 0 spiro atoms. The van der Waals surface area contributed by atoms with Crippen LogP contribution in [0.4, 0.5) is 0 Å². The van der Waals surface area contributed by atoms with Gasteiger partial charge in [0.1, 0.15) is 0 Å². The van der Waals surface area contributed by atoms with Gasteiger partial charge < -0.3 is 10.5 Å². The molecule has 0 radical (unpaired) electrons. The lowest BCUT2D eigenvalue weighted by atomic mass is 9.93. The minimum atomic E-state index is 0.398. The first-order valence-electron chi connectivity index (χ1n) is 5.74. The second-order valence-electron chi connectivity index (χ2n) is 4.13. The molecule has 1 unspecified atom stereocenters. The van der Waals surface area contributed by atoms with Crippen LogP contribution >= 0.6 is 11.8 Å². The van der Waals surface area contributed by atoms with Crippen LogP contribution in [0.1, 0.15) is 32.6 Å². The van der Waals surface area contributed by atoms with E-state index in [4.69, 9.17) is 10.5 Å². The van der Waals surface area contributed by atoms with Crippen molar-refractivity contribution in [2.45, 2.75) is 38.6 Å². The predicted molar refractivity (Wildman–Crippen MR) is 63.8 cm³/mol. The summed E-state index contributed by atoms with van der Waals surface area (Å²) < 4.78 is 5.33. The Hall–Kier alpha value is 0.270. The molecular formula is C11H23NOS. The van der Waals surface area contributed by atoms with Crippen LogP contribution in [0.5, 0.6) is 0 Å². The van der Waals surface area contributed by atoms with Crippen LogP contribution in [0.15, 0.2) is 0 Å². The maximum absolute atomic E-state index is 6.08. The Kier molecular flexibility index (Phi) is 6.65. The minimum absolute atomic E-state index is 0.398. The second-order valence-corrected chi connectivity index (χ2v) is 5.28. The van der Waals surface area contributed by atoms with Crippen molar-refractivity contribution in [3.63, 3.8) is 0 Å². The molecule has 14 heavy (non-hydrogen) atoms. The summed E-state index contributed by atoms with van der Waals surface area (Å²) in [6, 6.07) is 0.398. The molecule has 2 nitrogen and oxygen atoms in total. The highest BCUT2D eigenvalue weighted by atomic mass is 32.2. The van der Waals surface area contributed by atoms with Crippen molar-refractivity contribution in [2.75, 3.05) is 24.7 Å². The highest BCUT2D eigenvalue weighted by Gasteiger charge is 2.16. The third-order valence-electron chi connectivity index (χ3n) is 2.66. The lowest BCUT2D eigenvalue weighted by Gasteiger charge is -2.24. The van der Waals surface area contributed by atoms with Crippen LogP contribution < -0.4 is 5.73 Å². The minimum Gasteiger partial charge on any atom is -0.381 e. The van der Waals surface area contributed by atoms with Crippen LogP contribution in [0.25, 0.3) is 0 Å². The maximum Gasteiger partial charge on any atom is 0.0468 e. The SMILES string of the molecule is CCCSCC(N)CC1CCOCC1. The molecule has 0 aromatic carbocycles. The quantitative estimate of drug-likeness (QED) is 0.693. The van der Waals surface area contributed by atoms with E-state index in [1.807, 2.05) is 11.8 Å². The van der Waals surface area contributed by atoms with Crippen molar-refractivity contribution >= 4 is 11.8 Å². The predicted octanol–water partition coefficient (Wildman–Crippen LogP) is 2.27. The third-order valence-corrected chi connectivity index (χ3v) is 4.02. The third kappa shape index (κ3) is 5.23. The van der Waals surface area contributed by atoms with Gasteiger partial charge in [-0.05, 0) is 37.4 Å². The number of nitrogens with two attached hydrogens (primary N) is 1. The van der Waals surface area contributed by atoms with Gasteiger partial charge in [0.2, 0.25) is 0 Å². The molecule has 1 atom stereocenters. The number of ether oxygens (including phenoxy) is 1. The Morgan fingerprint density at radius 3 is 2.79 bits per heavy atom. The van der Waals surface area contributed by atoms with Crippen molar-refractivity contribution < 1.29 is 4.74 Å². The van der Waals surface area contributed by atoms with Gasteiger partial charge >= 0.3 is 0 Å². The highest BCUT2D eigenvalue weighted by Crippen LogP contribution is 2.20. The molecule has 0 aromatic heterocycles. The molecule has 1 aliphatic heterocycles. The van der Waals surface area contributed by atoms with E-state index in [1.54, 1.807) is 0 Å². The van der Waals surface area contributed by atoms with Crippen molar-refractivity contribution in [1.82, 2.24) is 0 Å². The van der Waals surface area contributed by atoms with Gasteiger partial charge in [-0.1, -0.05) is 6.92 Å². The standard InChI is InChI=1S/C11H23NOS/c1-2-7-14-9-11(12)8-10-3-5-13-6-4-10/h10-11H,2-9,12H2,1H3. The van der Waals surface area contributed by atoms with E-state index in [0.29, 0.717) is 6.04 Å². The number of hydrogen-bond acceptors (Lipinski definition) is 3. The normalized spacial score (nSPS) is 21.0. The fourth-order valence-electron chi connectivity index (χ4n) is 1.86. The molecule has 1 aliphatic rings. The van der Waals surface area contributed by atoms with E-state index >= 15 is 0 Å². The largest absolute Gasteiger partial charge is 0.381 e. The van der Waals surface area contributed by atoms with Gasteiger partial charge in [-0.25, -0.2) is 0 Å². The molecule has 1 heterocycles. The molecule has 0 bridgehead atoms. The van der Waals surface area contributed by atoms with E-state index < -0.39 is 0 Å². The van der Waals surface area contributed by atoms with E-state index in [0.717, 1.165) is 24.9 Å². The maximum atomic E-state index is 6.08. The van der Waals surface area contributed by atoms with E-state index in [1.165, 1.54) is 31.4 Å². The Bertz CT molecular complexity index is 137. The van der Waals surface area contributed by atoms with Crippen LogP contribution in [0.2, 0.25) is 0 Å². The Morgan fingerprint density at radius 2 is 2.14 bits per heavy atom. The van der Waals surface area contributed by atoms with Crippen molar-refractivity contribution in [3.8, 4) is 0 Å². The first-order chi connectivity index (χ1) is 6.83. The summed E-state index contributed by atoms with van der Waals surface area (Å²) in [7, 11) is 0. The molecule has 0 saturated carbocycles. The van der Waals surface area contributed by atoms with E-state index in [2.05, 4.69) is 6.92 Å². The van der Waals surface area contributed by atoms with Gasteiger partial charge in [-0.2, -0.15) is 11.8 Å². The molecule has 2 N–H and O–H groups in total. The Morgan fingerprint density at radius 1 is 1.43 bits per heavy atom. The monoisotopic (exact) mass is 217 g/mol. The van der Waals surface area contributed by atoms with Crippen molar-refractivity contribution in [2.24, 2.45) is 11.7 Å². The Labute approximate surface area is 92.0 Å². The van der Waals surface area contributed by atoms with Gasteiger partial charge in [-0.15, -0.1) is 0 Å².